The van der Waals surface area contributed by atoms with Gasteiger partial charge in [-0.1, -0.05) is 25.6 Å². The summed E-state index contributed by atoms with van der Waals surface area (Å²) >= 11 is 0. The molecule has 1 aliphatic rings. The molecule has 1 N–H and O–H groups in total. The monoisotopic (exact) mass is 418 g/mol. The molecule has 0 unspecified atom stereocenters. The van der Waals surface area contributed by atoms with E-state index < -0.39 is 0 Å². The van der Waals surface area contributed by atoms with Crippen LogP contribution in [0.5, 0.6) is 5.75 Å². The quantitative estimate of drug-likeness (QED) is 0.642. The molecule has 1 fully saturated rings. The molecule has 0 aliphatic carbocycles. The van der Waals surface area contributed by atoms with E-state index in [1.807, 2.05) is 24.3 Å². The van der Waals surface area contributed by atoms with Gasteiger partial charge in [0.1, 0.15) is 5.75 Å². The van der Waals surface area contributed by atoms with Crippen LogP contribution in [0.4, 0.5) is 11.6 Å². The molecule has 1 aromatic carbocycles. The van der Waals surface area contributed by atoms with Crippen molar-refractivity contribution in [2.45, 2.75) is 38.9 Å². The zero-order valence-corrected chi connectivity index (χ0v) is 18.0. The summed E-state index contributed by atoms with van der Waals surface area (Å²) < 4.78 is 6.84. The van der Waals surface area contributed by atoms with Crippen LogP contribution in [0.15, 0.2) is 41.2 Å². The van der Waals surface area contributed by atoms with Gasteiger partial charge in [-0.3, -0.25) is 4.57 Å². The lowest BCUT2D eigenvalue weighted by Gasteiger charge is -2.39. The SMILES string of the molecule is [C-]#[N+]c1ccc2c(n1)c(N1C[C@@H](CC)NC[C@@H]1C)nc(=O)n2Cc1ccc(OC)cc1. The number of nitrogens with zero attached hydrogens (tertiary/aromatic N) is 5. The average Bonchev–Trinajstić information content (AvgIpc) is 2.81. The Balaban J connectivity index is 1.84. The van der Waals surface area contributed by atoms with E-state index in [-0.39, 0.29) is 11.7 Å². The lowest BCUT2D eigenvalue weighted by atomic mass is 10.1. The molecule has 1 saturated heterocycles. The highest BCUT2D eigenvalue weighted by Gasteiger charge is 2.29. The van der Waals surface area contributed by atoms with Crippen LogP contribution >= 0.6 is 0 Å². The van der Waals surface area contributed by atoms with Gasteiger partial charge in [-0.05, 0) is 43.2 Å². The Morgan fingerprint density at radius 2 is 2.00 bits per heavy atom. The van der Waals surface area contributed by atoms with E-state index in [2.05, 4.69) is 38.9 Å². The highest BCUT2D eigenvalue weighted by Crippen LogP contribution is 2.27. The summed E-state index contributed by atoms with van der Waals surface area (Å²) in [7, 11) is 1.62. The number of ether oxygens (including phenoxy) is 1. The van der Waals surface area contributed by atoms with Gasteiger partial charge in [0, 0.05) is 25.2 Å². The van der Waals surface area contributed by atoms with Crippen LogP contribution in [-0.2, 0) is 6.54 Å². The topological polar surface area (TPSA) is 76.6 Å². The number of anilines is 1. The third-order valence-electron chi connectivity index (χ3n) is 5.82. The lowest BCUT2D eigenvalue weighted by Crippen LogP contribution is -2.56. The van der Waals surface area contributed by atoms with Crippen molar-refractivity contribution in [3.63, 3.8) is 0 Å². The van der Waals surface area contributed by atoms with Crippen molar-refractivity contribution in [2.75, 3.05) is 25.1 Å². The van der Waals surface area contributed by atoms with E-state index in [4.69, 9.17) is 11.3 Å². The van der Waals surface area contributed by atoms with E-state index in [0.717, 1.165) is 30.8 Å². The number of aromatic nitrogens is 3. The number of pyridine rings is 1. The summed E-state index contributed by atoms with van der Waals surface area (Å²) in [6, 6.07) is 11.5. The van der Waals surface area contributed by atoms with Crippen molar-refractivity contribution in [3.05, 3.63) is 63.9 Å². The van der Waals surface area contributed by atoms with Crippen LogP contribution in [0.25, 0.3) is 15.9 Å². The van der Waals surface area contributed by atoms with E-state index in [1.165, 1.54) is 0 Å². The minimum Gasteiger partial charge on any atom is -0.497 e. The first-order chi connectivity index (χ1) is 15.0. The molecular formula is C23H26N6O2. The molecule has 1 aliphatic heterocycles. The lowest BCUT2D eigenvalue weighted by molar-refractivity contribution is 0.395. The van der Waals surface area contributed by atoms with Gasteiger partial charge in [0.15, 0.2) is 5.82 Å². The predicted molar refractivity (Wildman–Crippen MR) is 121 cm³/mol. The third-order valence-corrected chi connectivity index (χ3v) is 5.82. The van der Waals surface area contributed by atoms with Crippen LogP contribution in [0.1, 0.15) is 25.8 Å². The van der Waals surface area contributed by atoms with Crippen LogP contribution in [-0.4, -0.2) is 46.8 Å². The number of hydrogen-bond donors (Lipinski definition) is 1. The van der Waals surface area contributed by atoms with Gasteiger partial charge < -0.3 is 19.8 Å². The molecule has 160 valence electrons. The number of hydrogen-bond acceptors (Lipinski definition) is 6. The maximum Gasteiger partial charge on any atom is 0.350 e. The summed E-state index contributed by atoms with van der Waals surface area (Å²) in [6.07, 6.45) is 0.983. The highest BCUT2D eigenvalue weighted by molar-refractivity contribution is 5.87. The maximum atomic E-state index is 13.1. The number of piperazine rings is 1. The number of methoxy groups -OCH3 is 1. The van der Waals surface area contributed by atoms with E-state index >= 15 is 0 Å². The molecule has 0 radical (unpaired) electrons. The zero-order valence-electron chi connectivity index (χ0n) is 18.0. The average molecular weight is 419 g/mol. The first-order valence-corrected chi connectivity index (χ1v) is 10.5. The molecule has 2 aromatic heterocycles. The molecule has 0 amide bonds. The zero-order chi connectivity index (χ0) is 22.0. The molecule has 4 rings (SSSR count). The number of fused-ring (bicyclic) bond motifs is 1. The second-order valence-electron chi connectivity index (χ2n) is 7.82. The Kier molecular flexibility index (Phi) is 5.87. The van der Waals surface area contributed by atoms with Crippen LogP contribution in [0.3, 0.4) is 0 Å². The van der Waals surface area contributed by atoms with Crippen LogP contribution in [0.2, 0.25) is 0 Å². The minimum atomic E-state index is -0.325. The van der Waals surface area contributed by atoms with E-state index in [9.17, 15) is 4.79 Å². The van der Waals surface area contributed by atoms with Gasteiger partial charge in [0.25, 0.3) is 5.82 Å². The Morgan fingerprint density at radius 3 is 2.68 bits per heavy atom. The van der Waals surface area contributed by atoms with Crippen molar-refractivity contribution in [2.24, 2.45) is 0 Å². The molecule has 0 saturated carbocycles. The Bertz CT molecular complexity index is 1180. The maximum absolute atomic E-state index is 13.1. The first kappa shape index (κ1) is 20.8. The van der Waals surface area contributed by atoms with Gasteiger partial charge in [-0.25, -0.2) is 4.79 Å². The summed E-state index contributed by atoms with van der Waals surface area (Å²) in [5.41, 5.74) is 1.89. The molecule has 0 bridgehead atoms. The van der Waals surface area contributed by atoms with Gasteiger partial charge in [0.2, 0.25) is 5.52 Å². The fourth-order valence-corrected chi connectivity index (χ4v) is 3.96. The second-order valence-corrected chi connectivity index (χ2v) is 7.82. The Hall–Kier alpha value is -3.44. The highest BCUT2D eigenvalue weighted by atomic mass is 16.5. The van der Waals surface area contributed by atoms with Gasteiger partial charge in [0.05, 0.1) is 19.2 Å². The molecule has 3 heterocycles. The van der Waals surface area contributed by atoms with Crippen molar-refractivity contribution in [1.82, 2.24) is 19.9 Å². The minimum absolute atomic E-state index is 0.161. The van der Waals surface area contributed by atoms with Crippen molar-refractivity contribution in [1.29, 1.82) is 0 Å². The number of benzene rings is 1. The largest absolute Gasteiger partial charge is 0.497 e. The predicted octanol–water partition coefficient (Wildman–Crippen LogP) is 2.98. The third kappa shape index (κ3) is 4.09. The van der Waals surface area contributed by atoms with Crippen molar-refractivity contribution < 1.29 is 4.74 Å². The fraction of sp³-hybridized carbons (Fsp3) is 0.391. The van der Waals surface area contributed by atoms with Gasteiger partial charge >= 0.3 is 5.69 Å². The van der Waals surface area contributed by atoms with Crippen LogP contribution in [0, 0.1) is 6.57 Å². The number of nitrogens with one attached hydrogen (secondary N) is 1. The number of rotatable bonds is 5. The molecule has 3 aromatic rings. The van der Waals surface area contributed by atoms with Gasteiger partial charge in [-0.2, -0.15) is 4.98 Å². The standard InChI is InChI=1S/C23H26N6O2/c1-5-17-14-28(15(2)12-25-17)22-21-19(10-11-20(24-3)26-21)29(23(30)27-22)13-16-6-8-18(31-4)9-7-16/h6-11,15,17,25H,5,12-14H2,1-2,4H3/t15-,17+/m0/s1. The summed E-state index contributed by atoms with van der Waals surface area (Å²) in [6.45, 7) is 13.5. The van der Waals surface area contributed by atoms with Gasteiger partial charge in [-0.15, -0.1) is 4.98 Å². The molecule has 31 heavy (non-hydrogen) atoms. The summed E-state index contributed by atoms with van der Waals surface area (Å²) in [5.74, 6) is 1.61. The molecular weight excluding hydrogens is 392 g/mol. The normalized spacial score (nSPS) is 18.7. The van der Waals surface area contributed by atoms with E-state index in [0.29, 0.717) is 35.3 Å². The summed E-state index contributed by atoms with van der Waals surface area (Å²) in [5, 5.41) is 3.52. The smallest absolute Gasteiger partial charge is 0.350 e. The molecule has 8 nitrogen and oxygen atoms in total. The van der Waals surface area contributed by atoms with Crippen molar-refractivity contribution in [3.8, 4) is 5.75 Å². The summed E-state index contributed by atoms with van der Waals surface area (Å²) in [4.78, 5) is 27.8. The van der Waals surface area contributed by atoms with E-state index in [1.54, 1.807) is 23.8 Å². The fourth-order valence-electron chi connectivity index (χ4n) is 3.96. The molecule has 2 atom stereocenters. The second kappa shape index (κ2) is 8.74. The molecule has 8 heteroatoms. The Morgan fingerprint density at radius 1 is 1.23 bits per heavy atom. The molecule has 0 spiro atoms. The first-order valence-electron chi connectivity index (χ1n) is 10.5. The van der Waals surface area contributed by atoms with Crippen LogP contribution < -0.4 is 20.6 Å². The Labute approximate surface area is 181 Å². The van der Waals surface area contributed by atoms with Crippen molar-refractivity contribution >= 4 is 22.7 Å².